The van der Waals surface area contributed by atoms with Crippen molar-refractivity contribution in [2.75, 3.05) is 9.80 Å². The first-order valence-corrected chi connectivity index (χ1v) is 34.6. The molecule has 0 amide bonds. The van der Waals surface area contributed by atoms with Crippen molar-refractivity contribution in [3.8, 4) is 33.4 Å². The smallest absolute Gasteiger partial charge is 0.0562 e. The van der Waals surface area contributed by atoms with Crippen LogP contribution in [-0.2, 0) is 0 Å². The average Bonchev–Trinajstić information content (AvgIpc) is 1.85. The number of allylic oxidation sites excluding steroid dienone is 13. The van der Waals surface area contributed by atoms with Gasteiger partial charge in [0.1, 0.15) is 0 Å². The van der Waals surface area contributed by atoms with E-state index in [4.69, 9.17) is 0 Å². The van der Waals surface area contributed by atoms with Gasteiger partial charge in [0, 0.05) is 29.0 Å². The first kappa shape index (κ1) is 63.2. The van der Waals surface area contributed by atoms with Gasteiger partial charge < -0.3 is 9.80 Å². The number of hydrogen-bond donors (Lipinski definition) is 0. The van der Waals surface area contributed by atoms with Crippen LogP contribution in [0.5, 0.6) is 0 Å². The maximum atomic E-state index is 2.81. The zero-order valence-electron chi connectivity index (χ0n) is 56.1. The zero-order chi connectivity index (χ0) is 62.1. The first-order valence-electron chi connectivity index (χ1n) is 34.6. The lowest BCUT2D eigenvalue weighted by atomic mass is 9.67. The lowest BCUT2D eigenvalue weighted by molar-refractivity contribution is 0.346. The molecule has 5 aliphatic carbocycles. The van der Waals surface area contributed by atoms with Crippen molar-refractivity contribution in [3.63, 3.8) is 0 Å². The van der Waals surface area contributed by atoms with Crippen LogP contribution in [0.3, 0.4) is 0 Å². The highest BCUT2D eigenvalue weighted by Gasteiger charge is 2.37. The Balaban J connectivity index is 0.911. The Morgan fingerprint density at radius 3 is 1.54 bits per heavy atom. The molecule has 0 saturated carbocycles. The van der Waals surface area contributed by atoms with Crippen molar-refractivity contribution >= 4 is 17.1 Å². The molecule has 6 aromatic rings. The van der Waals surface area contributed by atoms with E-state index in [9.17, 15) is 0 Å². The van der Waals surface area contributed by atoms with E-state index in [1.165, 1.54) is 183 Å². The molecule has 0 fully saturated rings. The third-order valence-electron chi connectivity index (χ3n) is 20.7. The van der Waals surface area contributed by atoms with E-state index < -0.39 is 0 Å². The van der Waals surface area contributed by atoms with E-state index in [2.05, 4.69) is 274 Å². The van der Waals surface area contributed by atoms with E-state index in [1.807, 2.05) is 0 Å². The number of nitrogens with zero attached hydrogens (tertiary/aromatic N) is 2. The zero-order valence-corrected chi connectivity index (χ0v) is 56.1. The summed E-state index contributed by atoms with van der Waals surface area (Å²) < 4.78 is 0. The molecule has 0 spiro atoms. The molecule has 11 rings (SSSR count). The van der Waals surface area contributed by atoms with Crippen molar-refractivity contribution in [2.24, 2.45) is 17.8 Å². The summed E-state index contributed by atoms with van der Waals surface area (Å²) in [6.45, 7) is 25.3. The van der Waals surface area contributed by atoms with Gasteiger partial charge in [-0.2, -0.15) is 0 Å². The van der Waals surface area contributed by atoms with Gasteiger partial charge in [0.25, 0.3) is 0 Å². The highest BCUT2D eigenvalue weighted by Crippen LogP contribution is 2.49. The highest BCUT2D eigenvalue weighted by atomic mass is 15.2. The SMILES string of the molecule is CCCCCCC1=CC(C2=CCC(N(c3ccc(-c4ccc(C)cc4)cc3)c3ccc(-c4c(C)cc(C)cc4C)cc3)C=C2C)=C(CCCCCC)CC1C1CCC(N(c2ccc(-c3c(C)cc(C)cc3C)cc2)C2C=CC(C3C=CC=CC3)=CC2)C=C1C. The van der Waals surface area contributed by atoms with Crippen LogP contribution in [0.2, 0.25) is 0 Å². The summed E-state index contributed by atoms with van der Waals surface area (Å²) in [6, 6.07) is 47.5. The van der Waals surface area contributed by atoms with Crippen LogP contribution in [0.4, 0.5) is 17.1 Å². The van der Waals surface area contributed by atoms with E-state index >= 15 is 0 Å². The molecule has 0 radical (unpaired) electrons. The Bertz CT molecular complexity index is 3700. The fraction of sp³-hybridized carbons (Fsp3) is 0.379. The van der Waals surface area contributed by atoms with E-state index in [1.54, 1.807) is 22.3 Å². The molecule has 0 N–H and O–H groups in total. The minimum atomic E-state index is 0.163. The number of aryl methyl sites for hydroxylation is 7. The lowest BCUT2D eigenvalue weighted by Crippen LogP contribution is -2.44. The highest BCUT2D eigenvalue weighted by molar-refractivity contribution is 5.77. The van der Waals surface area contributed by atoms with Gasteiger partial charge in [-0.15, -0.1) is 0 Å². The quantitative estimate of drug-likeness (QED) is 0.0494. The van der Waals surface area contributed by atoms with Gasteiger partial charge >= 0.3 is 0 Å². The number of anilines is 3. The summed E-state index contributed by atoms with van der Waals surface area (Å²) >= 11 is 0. The number of unbranched alkanes of at least 4 members (excludes halogenated alkanes) is 6. The maximum Gasteiger partial charge on any atom is 0.0562 e. The summed E-state index contributed by atoms with van der Waals surface area (Å²) in [7, 11) is 0. The van der Waals surface area contributed by atoms with Crippen LogP contribution in [-0.4, -0.2) is 18.1 Å². The summed E-state index contributed by atoms with van der Waals surface area (Å²) in [5, 5.41) is 0. The topological polar surface area (TPSA) is 6.48 Å². The van der Waals surface area contributed by atoms with Crippen molar-refractivity contribution < 1.29 is 0 Å². The molecule has 0 saturated heterocycles. The Morgan fingerprint density at radius 1 is 0.461 bits per heavy atom. The van der Waals surface area contributed by atoms with E-state index in [0.29, 0.717) is 29.8 Å². The predicted octanol–water partition coefficient (Wildman–Crippen LogP) is 24.4. The summed E-state index contributed by atoms with van der Waals surface area (Å²) in [6.07, 6.45) is 46.7. The molecule has 460 valence electrons. The Morgan fingerprint density at radius 2 is 1.01 bits per heavy atom. The van der Waals surface area contributed by atoms with Gasteiger partial charge in [0.05, 0.1) is 12.1 Å². The van der Waals surface area contributed by atoms with Crippen molar-refractivity contribution in [2.45, 2.75) is 197 Å². The molecule has 0 bridgehead atoms. The molecular formula is C87H102N2. The van der Waals surface area contributed by atoms with Crippen LogP contribution < -0.4 is 9.80 Å². The minimum absolute atomic E-state index is 0.163. The van der Waals surface area contributed by atoms with Crippen LogP contribution in [0.1, 0.15) is 169 Å². The van der Waals surface area contributed by atoms with Gasteiger partial charge in [0.2, 0.25) is 0 Å². The van der Waals surface area contributed by atoms with Crippen LogP contribution in [0, 0.1) is 66.2 Å². The minimum Gasteiger partial charge on any atom is -0.358 e. The molecule has 6 aromatic carbocycles. The van der Waals surface area contributed by atoms with Crippen molar-refractivity contribution in [1.82, 2.24) is 0 Å². The molecule has 2 heteroatoms. The van der Waals surface area contributed by atoms with Crippen LogP contribution >= 0.6 is 0 Å². The first-order chi connectivity index (χ1) is 43.2. The largest absolute Gasteiger partial charge is 0.358 e. The third kappa shape index (κ3) is 14.6. The van der Waals surface area contributed by atoms with Gasteiger partial charge in [0.15, 0.2) is 0 Å². The molecule has 6 atom stereocenters. The standard InChI is InChI=1S/C87H102N2/c1-12-14-16-19-25-74-58-85(83-50-48-81(56-63(83)7)89(77-41-33-71(34-42-77)69-29-27-59(3)28-30-69)79-45-37-73(38-46-79)87-66(10)53-61(5)54-67(87)11)75(26-20-17-15-13-2)57-84(74)82-49-47-80(55-62(82)6)88(76-39-31-70(32-40-76)68-23-21-18-22-24-68)78-43-35-72(36-44-78)86-64(8)51-60(4)52-65(86)9/h18,21-23,27-39,41-46,50-56,58,68,76,80-82,84H,12-17,19-20,24-26,40,47-49,57H2,1-11H3. The summed E-state index contributed by atoms with van der Waals surface area (Å²) in [4.78, 5) is 5.42. The molecule has 89 heavy (non-hydrogen) atoms. The molecule has 6 unspecified atom stereocenters. The number of hydrogen-bond acceptors (Lipinski definition) is 2. The normalized spacial score (nSPS) is 20.9. The Kier molecular flexibility index (Phi) is 20.6. The number of rotatable bonds is 22. The predicted molar refractivity (Wildman–Crippen MR) is 387 cm³/mol. The van der Waals surface area contributed by atoms with Gasteiger partial charge in [-0.25, -0.2) is 0 Å². The molecular weight excluding hydrogens is 1070 g/mol. The fourth-order valence-electron chi connectivity index (χ4n) is 16.3. The maximum absolute atomic E-state index is 2.81. The second-order valence-corrected chi connectivity index (χ2v) is 27.5. The molecule has 2 nitrogen and oxygen atoms in total. The lowest BCUT2D eigenvalue weighted by Gasteiger charge is -2.44. The second kappa shape index (κ2) is 29.0. The Labute approximate surface area is 538 Å². The average molecular weight is 1180 g/mol. The van der Waals surface area contributed by atoms with E-state index in [-0.39, 0.29) is 6.04 Å². The Hall–Kier alpha value is -7.42. The van der Waals surface area contributed by atoms with Crippen molar-refractivity contribution in [1.29, 1.82) is 0 Å². The number of benzene rings is 6. The third-order valence-corrected chi connectivity index (χ3v) is 20.7. The van der Waals surface area contributed by atoms with E-state index in [0.717, 1.165) is 25.7 Å². The monoisotopic (exact) mass is 1170 g/mol. The van der Waals surface area contributed by atoms with Crippen LogP contribution in [0.15, 0.2) is 227 Å². The molecule has 5 aliphatic rings. The summed E-state index contributed by atoms with van der Waals surface area (Å²) in [5.41, 5.74) is 31.8. The molecule has 0 aliphatic heterocycles. The van der Waals surface area contributed by atoms with Gasteiger partial charge in [-0.3, -0.25) is 0 Å². The summed E-state index contributed by atoms with van der Waals surface area (Å²) in [5.74, 6) is 1.53. The molecule has 0 heterocycles. The fourth-order valence-corrected chi connectivity index (χ4v) is 16.3. The van der Waals surface area contributed by atoms with Gasteiger partial charge in [-0.1, -0.05) is 238 Å². The molecule has 0 aromatic heterocycles. The second-order valence-electron chi connectivity index (χ2n) is 27.5. The van der Waals surface area contributed by atoms with Gasteiger partial charge in [-0.05, 0) is 253 Å². The van der Waals surface area contributed by atoms with Crippen molar-refractivity contribution in [3.05, 3.63) is 266 Å². The van der Waals surface area contributed by atoms with Crippen LogP contribution in [0.25, 0.3) is 33.4 Å².